The van der Waals surface area contributed by atoms with Crippen molar-refractivity contribution in [3.05, 3.63) is 40.5 Å². The molecule has 1 aromatic carbocycles. The van der Waals surface area contributed by atoms with Crippen molar-refractivity contribution in [1.29, 1.82) is 0 Å². The largest absolute Gasteiger partial charge is 0.497 e. The standard InChI is InChI=1S/C18H22N4O3S/c1-11-19-18-22(20-11)17(24)16(26-18)15(21-8-6-13(23)7-9-21)12-4-3-5-14(10-12)25-2/h3-5,10,13,15,23-24H,6-9H2,1-2H3. The van der Waals surface area contributed by atoms with Crippen LogP contribution in [-0.2, 0) is 0 Å². The highest BCUT2D eigenvalue weighted by Gasteiger charge is 2.32. The first kappa shape index (κ1) is 17.3. The topological polar surface area (TPSA) is 83.1 Å². The van der Waals surface area contributed by atoms with E-state index in [-0.39, 0.29) is 18.0 Å². The molecule has 1 aliphatic rings. The van der Waals surface area contributed by atoms with Gasteiger partial charge in [0.15, 0.2) is 0 Å². The first-order chi connectivity index (χ1) is 12.6. The second kappa shape index (κ2) is 6.86. The molecular formula is C18H22N4O3S. The molecule has 3 heterocycles. The molecule has 8 heteroatoms. The van der Waals surface area contributed by atoms with Crippen molar-refractivity contribution in [2.24, 2.45) is 0 Å². The van der Waals surface area contributed by atoms with Gasteiger partial charge in [0, 0.05) is 13.1 Å². The maximum atomic E-state index is 10.8. The molecule has 0 radical (unpaired) electrons. The number of ether oxygens (including phenoxy) is 1. The van der Waals surface area contributed by atoms with Gasteiger partial charge in [-0.3, -0.25) is 4.90 Å². The zero-order valence-corrected chi connectivity index (χ0v) is 15.6. The molecule has 3 aromatic rings. The third kappa shape index (κ3) is 3.04. The van der Waals surface area contributed by atoms with Crippen LogP contribution in [0.5, 0.6) is 11.6 Å². The van der Waals surface area contributed by atoms with Gasteiger partial charge in [-0.25, -0.2) is 4.98 Å². The molecule has 0 saturated carbocycles. The van der Waals surface area contributed by atoms with Crippen LogP contribution in [0.25, 0.3) is 4.96 Å². The van der Waals surface area contributed by atoms with Gasteiger partial charge in [-0.15, -0.1) is 5.10 Å². The van der Waals surface area contributed by atoms with Gasteiger partial charge >= 0.3 is 0 Å². The molecule has 138 valence electrons. The van der Waals surface area contributed by atoms with Crippen molar-refractivity contribution in [3.63, 3.8) is 0 Å². The number of aromatic nitrogens is 3. The van der Waals surface area contributed by atoms with Crippen molar-refractivity contribution >= 4 is 16.3 Å². The first-order valence-electron chi connectivity index (χ1n) is 8.68. The lowest BCUT2D eigenvalue weighted by Crippen LogP contribution is -2.38. The van der Waals surface area contributed by atoms with Crippen molar-refractivity contribution in [2.75, 3.05) is 20.2 Å². The Hall–Kier alpha value is -2.16. The van der Waals surface area contributed by atoms with E-state index in [1.165, 1.54) is 15.9 Å². The average molecular weight is 374 g/mol. The van der Waals surface area contributed by atoms with E-state index < -0.39 is 0 Å². The van der Waals surface area contributed by atoms with Crippen LogP contribution >= 0.6 is 11.3 Å². The fraction of sp³-hybridized carbons (Fsp3) is 0.444. The summed E-state index contributed by atoms with van der Waals surface area (Å²) in [7, 11) is 1.65. The van der Waals surface area contributed by atoms with Crippen molar-refractivity contribution in [1.82, 2.24) is 19.5 Å². The summed E-state index contributed by atoms with van der Waals surface area (Å²) in [6, 6.07) is 7.77. The number of thiazole rings is 1. The molecule has 7 nitrogen and oxygen atoms in total. The Balaban J connectivity index is 1.80. The number of methoxy groups -OCH3 is 1. The summed E-state index contributed by atoms with van der Waals surface area (Å²) in [6.07, 6.45) is 1.19. The van der Waals surface area contributed by atoms with Gasteiger partial charge < -0.3 is 14.9 Å². The fourth-order valence-electron chi connectivity index (χ4n) is 3.51. The van der Waals surface area contributed by atoms with Crippen LogP contribution in [0.4, 0.5) is 0 Å². The third-order valence-electron chi connectivity index (χ3n) is 4.83. The molecule has 1 atom stereocenters. The van der Waals surface area contributed by atoms with Crippen LogP contribution in [0, 0.1) is 6.92 Å². The minimum absolute atomic E-state index is 0.129. The molecule has 2 N–H and O–H groups in total. The second-order valence-corrected chi connectivity index (χ2v) is 7.60. The Morgan fingerprint density at radius 1 is 1.31 bits per heavy atom. The highest BCUT2D eigenvalue weighted by atomic mass is 32.1. The first-order valence-corrected chi connectivity index (χ1v) is 9.49. The Kier molecular flexibility index (Phi) is 4.56. The van der Waals surface area contributed by atoms with Gasteiger partial charge in [-0.05, 0) is 37.5 Å². The van der Waals surface area contributed by atoms with E-state index in [4.69, 9.17) is 4.74 Å². The molecule has 0 bridgehead atoms. The van der Waals surface area contributed by atoms with Crippen LogP contribution in [0.3, 0.4) is 0 Å². The lowest BCUT2D eigenvalue weighted by atomic mass is 9.99. The Bertz CT molecular complexity index is 914. The van der Waals surface area contributed by atoms with Crippen molar-refractivity contribution in [2.45, 2.75) is 31.9 Å². The van der Waals surface area contributed by atoms with Gasteiger partial charge in [0.1, 0.15) is 11.6 Å². The number of piperidine rings is 1. The molecular weight excluding hydrogens is 352 g/mol. The average Bonchev–Trinajstić information content (AvgIpc) is 3.15. The van der Waals surface area contributed by atoms with Crippen LogP contribution in [0.15, 0.2) is 24.3 Å². The summed E-state index contributed by atoms with van der Waals surface area (Å²) in [4.78, 5) is 8.17. The summed E-state index contributed by atoms with van der Waals surface area (Å²) < 4.78 is 6.89. The van der Waals surface area contributed by atoms with Crippen molar-refractivity contribution in [3.8, 4) is 11.6 Å². The number of hydrogen-bond acceptors (Lipinski definition) is 7. The zero-order chi connectivity index (χ0) is 18.3. The molecule has 1 aliphatic heterocycles. The number of aliphatic hydroxyl groups excluding tert-OH is 1. The monoisotopic (exact) mass is 374 g/mol. The maximum Gasteiger partial charge on any atom is 0.230 e. The number of aromatic hydroxyl groups is 1. The number of rotatable bonds is 4. The number of hydrogen-bond donors (Lipinski definition) is 2. The predicted molar refractivity (Wildman–Crippen MR) is 98.9 cm³/mol. The lowest BCUT2D eigenvalue weighted by molar-refractivity contribution is 0.0689. The number of benzene rings is 1. The highest BCUT2D eigenvalue weighted by molar-refractivity contribution is 7.17. The Morgan fingerprint density at radius 2 is 2.08 bits per heavy atom. The normalized spacial score (nSPS) is 17.7. The molecule has 1 fully saturated rings. The second-order valence-electron chi connectivity index (χ2n) is 6.59. The van der Waals surface area contributed by atoms with Crippen molar-refractivity contribution < 1.29 is 14.9 Å². The van der Waals surface area contributed by atoms with Gasteiger partial charge in [0.2, 0.25) is 10.8 Å². The predicted octanol–water partition coefficient (Wildman–Crippen LogP) is 2.36. The molecule has 1 unspecified atom stereocenters. The van der Waals surface area contributed by atoms with E-state index in [0.29, 0.717) is 10.8 Å². The summed E-state index contributed by atoms with van der Waals surface area (Å²) in [5.41, 5.74) is 1.04. The van der Waals surface area contributed by atoms with Gasteiger partial charge in [0.05, 0.1) is 24.1 Å². The summed E-state index contributed by atoms with van der Waals surface area (Å²) in [6.45, 7) is 3.33. The minimum Gasteiger partial charge on any atom is -0.497 e. The fourth-order valence-corrected chi connectivity index (χ4v) is 4.67. The Morgan fingerprint density at radius 3 is 2.77 bits per heavy atom. The molecule has 26 heavy (non-hydrogen) atoms. The van der Waals surface area contributed by atoms with E-state index in [2.05, 4.69) is 15.0 Å². The number of aliphatic hydroxyl groups is 1. The van der Waals surface area contributed by atoms with E-state index >= 15 is 0 Å². The van der Waals surface area contributed by atoms with Crippen LogP contribution in [0.1, 0.15) is 35.1 Å². The van der Waals surface area contributed by atoms with Gasteiger partial charge in [-0.1, -0.05) is 23.5 Å². The van der Waals surface area contributed by atoms with E-state index in [0.717, 1.165) is 42.1 Å². The van der Waals surface area contributed by atoms with E-state index in [1.54, 1.807) is 7.11 Å². The summed E-state index contributed by atoms with van der Waals surface area (Å²) >= 11 is 1.45. The van der Waals surface area contributed by atoms with Gasteiger partial charge in [-0.2, -0.15) is 4.52 Å². The van der Waals surface area contributed by atoms with Crippen LogP contribution < -0.4 is 4.74 Å². The number of nitrogens with zero attached hydrogens (tertiary/aromatic N) is 4. The zero-order valence-electron chi connectivity index (χ0n) is 14.8. The molecule has 1 saturated heterocycles. The Labute approximate surface area is 155 Å². The smallest absolute Gasteiger partial charge is 0.230 e. The number of likely N-dealkylation sites (tertiary alicyclic amines) is 1. The van der Waals surface area contributed by atoms with E-state index in [9.17, 15) is 10.2 Å². The summed E-state index contributed by atoms with van der Waals surface area (Å²) in [5.74, 6) is 1.54. The molecule has 0 spiro atoms. The number of fused-ring (bicyclic) bond motifs is 1. The highest BCUT2D eigenvalue weighted by Crippen LogP contribution is 2.41. The summed E-state index contributed by atoms with van der Waals surface area (Å²) in [5, 5.41) is 25.0. The quantitative estimate of drug-likeness (QED) is 0.729. The molecule has 0 aliphatic carbocycles. The van der Waals surface area contributed by atoms with Crippen LogP contribution in [0.2, 0.25) is 0 Å². The number of aryl methyl sites for hydroxylation is 1. The van der Waals surface area contributed by atoms with Crippen LogP contribution in [-0.4, -0.2) is 56.0 Å². The minimum atomic E-state index is -0.254. The third-order valence-corrected chi connectivity index (χ3v) is 5.90. The maximum absolute atomic E-state index is 10.8. The van der Waals surface area contributed by atoms with E-state index in [1.807, 2.05) is 31.2 Å². The SMILES string of the molecule is COc1cccc(C(c2sc3nc(C)nn3c2O)N2CCC(O)CC2)c1. The lowest BCUT2D eigenvalue weighted by Gasteiger charge is -2.36. The molecule has 4 rings (SSSR count). The van der Waals surface area contributed by atoms with Gasteiger partial charge in [0.25, 0.3) is 0 Å². The molecule has 2 aromatic heterocycles. The molecule has 0 amide bonds.